The normalized spacial score (nSPS) is 13.9. The number of hydrogen-bond acceptors (Lipinski definition) is 6. The Morgan fingerprint density at radius 1 is 1.09 bits per heavy atom. The van der Waals surface area contributed by atoms with Gasteiger partial charge in [0, 0.05) is 38.3 Å². The van der Waals surface area contributed by atoms with Crippen LogP contribution in [0.1, 0.15) is 37.0 Å². The van der Waals surface area contributed by atoms with Gasteiger partial charge in [0.05, 0.1) is 22.3 Å². The molecule has 0 aliphatic carbocycles. The third kappa shape index (κ3) is 5.56. The van der Waals surface area contributed by atoms with Crippen molar-refractivity contribution in [2.24, 2.45) is 0 Å². The Morgan fingerprint density at radius 2 is 1.83 bits per heavy atom. The van der Waals surface area contributed by atoms with E-state index >= 15 is 0 Å². The molecule has 0 saturated carbocycles. The average molecular weight is 497 g/mol. The molecule has 7 nitrogen and oxygen atoms in total. The second-order valence-corrected chi connectivity index (χ2v) is 9.54. The predicted octanol–water partition coefficient (Wildman–Crippen LogP) is 3.98. The second kappa shape index (κ2) is 11.0. The molecule has 2 aromatic carbocycles. The van der Waals surface area contributed by atoms with Crippen LogP contribution in [0.15, 0.2) is 52.4 Å². The molecule has 9 heteroatoms. The number of anilines is 1. The Balaban J connectivity index is 1.41. The summed E-state index contributed by atoms with van der Waals surface area (Å²) in [4.78, 5) is 45.8. The van der Waals surface area contributed by atoms with E-state index in [1.807, 2.05) is 23.1 Å². The van der Waals surface area contributed by atoms with Gasteiger partial charge in [-0.15, -0.1) is 0 Å². The van der Waals surface area contributed by atoms with Crippen molar-refractivity contribution < 1.29 is 14.0 Å². The number of fused-ring (bicyclic) bond motifs is 1. The molecule has 0 unspecified atom stereocenters. The van der Waals surface area contributed by atoms with E-state index in [1.54, 1.807) is 27.7 Å². The maximum Gasteiger partial charge on any atom is 0.262 e. The smallest absolute Gasteiger partial charge is 0.262 e. The van der Waals surface area contributed by atoms with Crippen LogP contribution in [0.2, 0.25) is 0 Å². The summed E-state index contributed by atoms with van der Waals surface area (Å²) in [5.41, 5.74) is 1.34. The molecule has 1 amide bonds. The highest BCUT2D eigenvalue weighted by molar-refractivity contribution is 7.99. The molecule has 1 fully saturated rings. The van der Waals surface area contributed by atoms with Gasteiger partial charge in [0.15, 0.2) is 10.9 Å². The van der Waals surface area contributed by atoms with E-state index in [0.29, 0.717) is 60.0 Å². The first-order chi connectivity index (χ1) is 16.9. The summed E-state index contributed by atoms with van der Waals surface area (Å²) in [6.07, 6.45) is 1.80. The van der Waals surface area contributed by atoms with Gasteiger partial charge in [-0.05, 0) is 43.7 Å². The Bertz CT molecular complexity index is 1300. The molecule has 0 N–H and O–H groups in total. The largest absolute Gasteiger partial charge is 0.366 e. The van der Waals surface area contributed by atoms with Gasteiger partial charge in [-0.25, -0.2) is 9.37 Å². The van der Waals surface area contributed by atoms with E-state index in [0.717, 1.165) is 12.8 Å². The molecule has 0 radical (unpaired) electrons. The lowest BCUT2D eigenvalue weighted by Gasteiger charge is -2.36. The molecule has 3 aromatic rings. The molecule has 2 heterocycles. The summed E-state index contributed by atoms with van der Waals surface area (Å²) < 4.78 is 16.2. The number of benzene rings is 2. The molecule has 0 bridgehead atoms. The number of unbranched alkanes of at least 4 members (excludes halogenated alkanes) is 1. The van der Waals surface area contributed by atoms with Crippen LogP contribution >= 0.6 is 11.8 Å². The van der Waals surface area contributed by atoms with Gasteiger partial charge < -0.3 is 9.80 Å². The number of carbonyl (C=O) groups is 2. The molecule has 1 saturated heterocycles. The number of ketones is 1. The van der Waals surface area contributed by atoms with E-state index in [-0.39, 0.29) is 23.0 Å². The zero-order valence-electron chi connectivity index (χ0n) is 20.0. The van der Waals surface area contributed by atoms with Gasteiger partial charge >= 0.3 is 0 Å². The van der Waals surface area contributed by atoms with Crippen LogP contribution in [0.3, 0.4) is 0 Å². The lowest BCUT2D eigenvalue weighted by Crippen LogP contribution is -2.49. The standard InChI is InChI=1S/C26H29FN4O3S/c1-3-4-11-31-25(34)20-7-5-6-8-22(20)28-26(31)35-17-24(33)30-14-12-29(13-15-30)23-10-9-19(18(2)32)16-21(23)27/h5-10,16H,3-4,11-15,17H2,1-2H3. The Morgan fingerprint density at radius 3 is 2.51 bits per heavy atom. The van der Waals surface area contributed by atoms with Gasteiger partial charge in [-0.1, -0.05) is 37.2 Å². The van der Waals surface area contributed by atoms with Gasteiger partial charge in [-0.3, -0.25) is 19.0 Å². The van der Waals surface area contributed by atoms with Gasteiger partial charge in [-0.2, -0.15) is 0 Å². The number of thioether (sulfide) groups is 1. The third-order valence-corrected chi connectivity index (χ3v) is 7.18. The summed E-state index contributed by atoms with van der Waals surface area (Å²) in [6, 6.07) is 11.8. The average Bonchev–Trinajstić information content (AvgIpc) is 2.87. The van der Waals surface area contributed by atoms with Crippen molar-refractivity contribution >= 4 is 40.0 Å². The second-order valence-electron chi connectivity index (χ2n) is 8.60. The Labute approximate surface area is 207 Å². The molecular weight excluding hydrogens is 467 g/mol. The molecule has 184 valence electrons. The summed E-state index contributed by atoms with van der Waals surface area (Å²) in [5, 5.41) is 1.14. The van der Waals surface area contributed by atoms with Crippen LogP contribution in [0.5, 0.6) is 0 Å². The number of hydrogen-bond donors (Lipinski definition) is 0. The number of aromatic nitrogens is 2. The number of amides is 1. The lowest BCUT2D eigenvalue weighted by molar-refractivity contribution is -0.128. The third-order valence-electron chi connectivity index (χ3n) is 6.21. The van der Waals surface area contributed by atoms with Crippen LogP contribution in [0.4, 0.5) is 10.1 Å². The topological polar surface area (TPSA) is 75.5 Å². The molecule has 4 rings (SSSR count). The minimum atomic E-state index is -0.430. The van der Waals surface area contributed by atoms with Crippen molar-refractivity contribution in [1.82, 2.24) is 14.5 Å². The quantitative estimate of drug-likeness (QED) is 0.267. The van der Waals surface area contributed by atoms with E-state index < -0.39 is 5.82 Å². The van der Waals surface area contributed by atoms with Gasteiger partial charge in [0.1, 0.15) is 5.82 Å². The van der Waals surface area contributed by atoms with E-state index in [2.05, 4.69) is 11.9 Å². The number of carbonyl (C=O) groups excluding carboxylic acids is 2. The highest BCUT2D eigenvalue weighted by Crippen LogP contribution is 2.23. The summed E-state index contributed by atoms with van der Waals surface area (Å²) in [5.74, 6) is -0.463. The summed E-state index contributed by atoms with van der Waals surface area (Å²) in [7, 11) is 0. The van der Waals surface area contributed by atoms with Crippen LogP contribution in [0.25, 0.3) is 10.9 Å². The van der Waals surface area contributed by atoms with Crippen molar-refractivity contribution in [1.29, 1.82) is 0 Å². The fraction of sp³-hybridized carbons (Fsp3) is 0.385. The first-order valence-electron chi connectivity index (χ1n) is 11.8. The Hall–Kier alpha value is -3.20. The first kappa shape index (κ1) is 24.9. The zero-order valence-corrected chi connectivity index (χ0v) is 20.8. The molecule has 1 aliphatic rings. The molecule has 0 spiro atoms. The minimum absolute atomic E-state index is 0.0356. The highest BCUT2D eigenvalue weighted by Gasteiger charge is 2.24. The fourth-order valence-corrected chi connectivity index (χ4v) is 5.10. The lowest BCUT2D eigenvalue weighted by atomic mass is 10.1. The van der Waals surface area contributed by atoms with E-state index in [4.69, 9.17) is 0 Å². The maximum atomic E-state index is 14.5. The molecule has 0 atom stereocenters. The van der Waals surface area contributed by atoms with Crippen LogP contribution in [0, 0.1) is 5.82 Å². The van der Waals surface area contributed by atoms with Crippen molar-refractivity contribution in [2.45, 2.75) is 38.4 Å². The summed E-state index contributed by atoms with van der Waals surface area (Å²) >= 11 is 1.29. The molecule has 35 heavy (non-hydrogen) atoms. The van der Waals surface area contributed by atoms with Crippen molar-refractivity contribution in [3.63, 3.8) is 0 Å². The minimum Gasteiger partial charge on any atom is -0.366 e. The van der Waals surface area contributed by atoms with Gasteiger partial charge in [0.25, 0.3) is 5.56 Å². The molecular formula is C26H29FN4O3S. The predicted molar refractivity (Wildman–Crippen MR) is 137 cm³/mol. The van der Waals surface area contributed by atoms with Crippen LogP contribution < -0.4 is 10.5 Å². The van der Waals surface area contributed by atoms with E-state index in [1.165, 1.54) is 24.8 Å². The molecule has 1 aromatic heterocycles. The Kier molecular flexibility index (Phi) is 7.85. The van der Waals surface area contributed by atoms with Crippen molar-refractivity contribution in [2.75, 3.05) is 36.8 Å². The monoisotopic (exact) mass is 496 g/mol. The van der Waals surface area contributed by atoms with E-state index in [9.17, 15) is 18.8 Å². The van der Waals surface area contributed by atoms with Crippen molar-refractivity contribution in [3.05, 3.63) is 64.2 Å². The number of para-hydroxylation sites is 1. The number of halogens is 1. The first-order valence-corrected chi connectivity index (χ1v) is 12.8. The highest BCUT2D eigenvalue weighted by atomic mass is 32.2. The van der Waals surface area contributed by atoms with Crippen molar-refractivity contribution in [3.8, 4) is 0 Å². The fourth-order valence-electron chi connectivity index (χ4n) is 4.17. The number of nitrogens with zero attached hydrogens (tertiary/aromatic N) is 4. The number of piperazine rings is 1. The van der Waals surface area contributed by atoms with Crippen LogP contribution in [-0.4, -0.2) is 58.1 Å². The number of rotatable bonds is 8. The van der Waals surface area contributed by atoms with Crippen LogP contribution in [-0.2, 0) is 11.3 Å². The number of Topliss-reactive ketones (excluding diaryl/α,β-unsaturated/α-hetero) is 1. The SMILES string of the molecule is CCCCn1c(SCC(=O)N2CCN(c3ccc(C(C)=O)cc3F)CC2)nc2ccccc2c1=O. The van der Waals surface area contributed by atoms with Gasteiger partial charge in [0.2, 0.25) is 5.91 Å². The zero-order chi connectivity index (χ0) is 24.9. The summed E-state index contributed by atoms with van der Waals surface area (Å²) in [6.45, 7) is 6.00. The maximum absolute atomic E-state index is 14.5. The molecule has 1 aliphatic heterocycles.